The third kappa shape index (κ3) is 12.6. The number of rotatable bonds is 19. The number of fused-ring (bicyclic) bond motifs is 1. The van der Waals surface area contributed by atoms with Crippen molar-refractivity contribution in [2.75, 3.05) is 6.16 Å². The molecule has 0 fully saturated rings. The summed E-state index contributed by atoms with van der Waals surface area (Å²) in [5, 5.41) is 2.05. The molecule has 0 saturated heterocycles. The molecule has 0 aliphatic heterocycles. The van der Waals surface area contributed by atoms with Crippen LogP contribution in [0.4, 0.5) is 0 Å². The van der Waals surface area contributed by atoms with E-state index in [0.717, 1.165) is 23.6 Å². The van der Waals surface area contributed by atoms with Crippen molar-refractivity contribution in [1.82, 2.24) is 0 Å². The smallest absolute Gasteiger partial charge is 0.329 e. The standard InChI is InChI=1S/C28H45O4P/c1-2-3-4-5-6-7-8-9-10-11-12-13-14-15-21-26(24-33(29,30)31)32-28-23-18-20-25-19-16-17-22-27(25)28/h16-20,22-23,26H,2-15,21,24H2,1H3,(H2,29,30,31). The quantitative estimate of drug-likeness (QED) is 0.157. The Morgan fingerprint density at radius 2 is 1.24 bits per heavy atom. The second-order valence-corrected chi connectivity index (χ2v) is 11.1. The molecule has 0 heterocycles. The Hall–Kier alpha value is -1.35. The van der Waals surface area contributed by atoms with Crippen molar-refractivity contribution in [2.45, 2.75) is 109 Å². The lowest BCUT2D eigenvalue weighted by atomic mass is 10.0. The van der Waals surface area contributed by atoms with E-state index in [1.54, 1.807) is 0 Å². The van der Waals surface area contributed by atoms with E-state index >= 15 is 0 Å². The van der Waals surface area contributed by atoms with Crippen LogP contribution in [0.5, 0.6) is 5.75 Å². The molecule has 0 radical (unpaired) electrons. The fraction of sp³-hybridized carbons (Fsp3) is 0.643. The molecule has 2 N–H and O–H groups in total. The Morgan fingerprint density at radius 3 is 1.82 bits per heavy atom. The maximum absolute atomic E-state index is 11.7. The van der Waals surface area contributed by atoms with Crippen LogP contribution >= 0.6 is 7.60 Å². The van der Waals surface area contributed by atoms with E-state index in [2.05, 4.69) is 6.92 Å². The van der Waals surface area contributed by atoms with Crippen LogP contribution < -0.4 is 4.74 Å². The Kier molecular flexibility index (Phi) is 13.8. The molecule has 1 unspecified atom stereocenters. The highest BCUT2D eigenvalue weighted by molar-refractivity contribution is 7.51. The van der Waals surface area contributed by atoms with E-state index in [1.807, 2.05) is 42.5 Å². The fourth-order valence-corrected chi connectivity index (χ4v) is 5.28. The SMILES string of the molecule is CCCCCCCCCCCCCCCCC(CP(=O)(O)O)Oc1cccc2ccccc12. The van der Waals surface area contributed by atoms with Crippen molar-refractivity contribution in [3.63, 3.8) is 0 Å². The van der Waals surface area contributed by atoms with Crippen LogP contribution in [0.25, 0.3) is 10.8 Å². The van der Waals surface area contributed by atoms with Gasteiger partial charge in [0, 0.05) is 5.39 Å². The molecule has 0 spiro atoms. The molecule has 0 saturated carbocycles. The van der Waals surface area contributed by atoms with Gasteiger partial charge in [-0.1, -0.05) is 127 Å². The van der Waals surface area contributed by atoms with Crippen LogP contribution in [0, 0.1) is 0 Å². The zero-order chi connectivity index (χ0) is 23.8. The van der Waals surface area contributed by atoms with Crippen LogP contribution in [0.3, 0.4) is 0 Å². The topological polar surface area (TPSA) is 66.8 Å². The molecule has 33 heavy (non-hydrogen) atoms. The van der Waals surface area contributed by atoms with Crippen LogP contribution in [-0.2, 0) is 4.57 Å². The first-order chi connectivity index (χ1) is 16.0. The molecule has 0 amide bonds. The first-order valence-electron chi connectivity index (χ1n) is 13.2. The van der Waals surface area contributed by atoms with Gasteiger partial charge in [-0.2, -0.15) is 0 Å². The van der Waals surface area contributed by atoms with Crippen LogP contribution in [0.1, 0.15) is 103 Å². The molecule has 186 valence electrons. The number of unbranched alkanes of at least 4 members (excludes halogenated alkanes) is 13. The first kappa shape index (κ1) is 27.9. The van der Waals surface area contributed by atoms with Gasteiger partial charge < -0.3 is 14.5 Å². The van der Waals surface area contributed by atoms with E-state index < -0.39 is 13.7 Å². The van der Waals surface area contributed by atoms with Gasteiger partial charge in [0.2, 0.25) is 0 Å². The summed E-state index contributed by atoms with van der Waals surface area (Å²) in [6, 6.07) is 13.8. The van der Waals surface area contributed by atoms with E-state index in [4.69, 9.17) is 4.74 Å². The minimum absolute atomic E-state index is 0.228. The zero-order valence-corrected chi connectivity index (χ0v) is 21.5. The molecule has 0 bridgehead atoms. The summed E-state index contributed by atoms with van der Waals surface area (Å²) in [6.45, 7) is 2.26. The Morgan fingerprint density at radius 1 is 0.727 bits per heavy atom. The summed E-state index contributed by atoms with van der Waals surface area (Å²) in [7, 11) is -4.13. The average Bonchev–Trinajstić information content (AvgIpc) is 2.78. The Balaban J connectivity index is 1.62. The molecule has 2 aromatic carbocycles. The van der Waals surface area contributed by atoms with Gasteiger partial charge in [0.05, 0.1) is 6.16 Å². The number of hydrogen-bond acceptors (Lipinski definition) is 2. The van der Waals surface area contributed by atoms with Crippen molar-refractivity contribution in [1.29, 1.82) is 0 Å². The summed E-state index contributed by atoms with van der Waals surface area (Å²) < 4.78 is 17.8. The minimum Gasteiger partial charge on any atom is -0.489 e. The Labute approximate surface area is 201 Å². The second-order valence-electron chi connectivity index (χ2n) is 9.45. The van der Waals surface area contributed by atoms with E-state index in [-0.39, 0.29) is 6.16 Å². The molecule has 0 aromatic heterocycles. The van der Waals surface area contributed by atoms with Gasteiger partial charge in [-0.25, -0.2) is 0 Å². The molecular formula is C28H45O4P. The number of hydrogen-bond donors (Lipinski definition) is 2. The normalized spacial score (nSPS) is 12.8. The lowest BCUT2D eigenvalue weighted by molar-refractivity contribution is 0.202. The number of ether oxygens (including phenoxy) is 1. The summed E-state index contributed by atoms with van der Waals surface area (Å²) in [5.74, 6) is 0.705. The highest BCUT2D eigenvalue weighted by Gasteiger charge is 2.23. The van der Waals surface area contributed by atoms with E-state index in [9.17, 15) is 14.4 Å². The van der Waals surface area contributed by atoms with Gasteiger partial charge in [-0.3, -0.25) is 4.57 Å². The van der Waals surface area contributed by atoms with Gasteiger partial charge >= 0.3 is 7.60 Å². The van der Waals surface area contributed by atoms with Crippen LogP contribution in [0.15, 0.2) is 42.5 Å². The van der Waals surface area contributed by atoms with Gasteiger partial charge in [0.25, 0.3) is 0 Å². The monoisotopic (exact) mass is 476 g/mol. The summed E-state index contributed by atoms with van der Waals surface area (Å²) in [6.07, 6.45) is 18.1. The molecule has 2 aromatic rings. The third-order valence-corrected chi connectivity index (χ3v) is 7.25. The summed E-state index contributed by atoms with van der Waals surface area (Å²) in [5.41, 5.74) is 0. The molecule has 4 nitrogen and oxygen atoms in total. The molecule has 5 heteroatoms. The first-order valence-corrected chi connectivity index (χ1v) is 15.0. The minimum atomic E-state index is -4.13. The maximum atomic E-state index is 11.7. The summed E-state index contributed by atoms with van der Waals surface area (Å²) in [4.78, 5) is 19.1. The van der Waals surface area contributed by atoms with Crippen molar-refractivity contribution >= 4 is 18.4 Å². The fourth-order valence-electron chi connectivity index (χ4n) is 4.50. The lowest BCUT2D eigenvalue weighted by Crippen LogP contribution is -2.21. The van der Waals surface area contributed by atoms with Gasteiger partial charge in [0.1, 0.15) is 11.9 Å². The maximum Gasteiger partial charge on any atom is 0.329 e. The molecule has 1 atom stereocenters. The highest BCUT2D eigenvalue weighted by Crippen LogP contribution is 2.38. The van der Waals surface area contributed by atoms with Crippen LogP contribution in [0.2, 0.25) is 0 Å². The van der Waals surface area contributed by atoms with E-state index in [1.165, 1.54) is 77.0 Å². The number of benzene rings is 2. The van der Waals surface area contributed by atoms with Gasteiger partial charge in [-0.05, 0) is 24.3 Å². The van der Waals surface area contributed by atoms with Crippen molar-refractivity contribution < 1.29 is 19.1 Å². The van der Waals surface area contributed by atoms with Crippen LogP contribution in [-0.4, -0.2) is 22.1 Å². The summed E-state index contributed by atoms with van der Waals surface area (Å²) >= 11 is 0. The van der Waals surface area contributed by atoms with Crippen molar-refractivity contribution in [3.8, 4) is 5.75 Å². The van der Waals surface area contributed by atoms with Crippen molar-refractivity contribution in [3.05, 3.63) is 42.5 Å². The van der Waals surface area contributed by atoms with Crippen molar-refractivity contribution in [2.24, 2.45) is 0 Å². The lowest BCUT2D eigenvalue weighted by Gasteiger charge is -2.21. The van der Waals surface area contributed by atoms with Gasteiger partial charge in [-0.15, -0.1) is 0 Å². The predicted molar refractivity (Wildman–Crippen MR) is 140 cm³/mol. The molecular weight excluding hydrogens is 431 g/mol. The Bertz CT molecular complexity index is 811. The highest BCUT2D eigenvalue weighted by atomic mass is 31.2. The zero-order valence-electron chi connectivity index (χ0n) is 20.6. The molecule has 2 rings (SSSR count). The largest absolute Gasteiger partial charge is 0.489 e. The molecule has 0 aliphatic rings. The predicted octanol–water partition coefficient (Wildman–Crippen LogP) is 8.64. The van der Waals surface area contributed by atoms with E-state index in [0.29, 0.717) is 12.2 Å². The second kappa shape index (κ2) is 16.3. The third-order valence-electron chi connectivity index (χ3n) is 6.36. The van der Waals surface area contributed by atoms with Gasteiger partial charge in [0.15, 0.2) is 0 Å². The molecule has 0 aliphatic carbocycles. The average molecular weight is 477 g/mol.